The molecular formula is C13H12N2O2S. The summed E-state index contributed by atoms with van der Waals surface area (Å²) in [6.45, 7) is 4.47. The highest BCUT2D eigenvalue weighted by atomic mass is 32.1. The molecule has 0 saturated carbocycles. The van der Waals surface area contributed by atoms with Crippen LogP contribution in [0.2, 0.25) is 0 Å². The second-order valence-corrected chi connectivity index (χ2v) is 5.28. The van der Waals surface area contributed by atoms with Crippen LogP contribution < -0.4 is 5.63 Å². The van der Waals surface area contributed by atoms with Gasteiger partial charge < -0.3 is 4.42 Å². The molecule has 0 aromatic carbocycles. The summed E-state index contributed by atoms with van der Waals surface area (Å²) in [7, 11) is 0. The van der Waals surface area contributed by atoms with Gasteiger partial charge in [0.25, 0.3) is 0 Å². The summed E-state index contributed by atoms with van der Waals surface area (Å²) in [4.78, 5) is 12.6. The Morgan fingerprint density at radius 2 is 2.28 bits per heavy atom. The van der Waals surface area contributed by atoms with Gasteiger partial charge in [-0.3, -0.25) is 0 Å². The highest BCUT2D eigenvalue weighted by molar-refractivity contribution is 7.09. The first-order valence-electron chi connectivity index (χ1n) is 5.65. The number of hydrogen-bond acceptors (Lipinski definition) is 4. The molecule has 0 unspecified atom stereocenters. The second-order valence-electron chi connectivity index (χ2n) is 4.25. The van der Waals surface area contributed by atoms with Crippen molar-refractivity contribution in [3.63, 3.8) is 0 Å². The Labute approximate surface area is 107 Å². The Morgan fingerprint density at radius 1 is 1.44 bits per heavy atom. The average Bonchev–Trinajstić information content (AvgIpc) is 2.88. The standard InChI is InChI=1S/C13H12N2O2S/c1-8-6-11(16)17-13-12(8)9(2)14-15(13)7-10-4-3-5-18-10/h3-6H,7H2,1-2H3. The molecule has 0 spiro atoms. The molecule has 3 rings (SSSR count). The highest BCUT2D eigenvalue weighted by Crippen LogP contribution is 2.21. The normalized spacial score (nSPS) is 11.2. The van der Waals surface area contributed by atoms with Gasteiger partial charge in [-0.2, -0.15) is 5.10 Å². The molecule has 0 bridgehead atoms. The van der Waals surface area contributed by atoms with Crippen LogP contribution in [0.4, 0.5) is 0 Å². The maximum atomic E-state index is 11.5. The van der Waals surface area contributed by atoms with Gasteiger partial charge in [-0.05, 0) is 30.9 Å². The highest BCUT2D eigenvalue weighted by Gasteiger charge is 2.13. The van der Waals surface area contributed by atoms with Crippen LogP contribution >= 0.6 is 11.3 Å². The third kappa shape index (κ3) is 1.76. The fraction of sp³-hybridized carbons (Fsp3) is 0.231. The molecule has 0 N–H and O–H groups in total. The van der Waals surface area contributed by atoms with Crippen molar-refractivity contribution in [3.8, 4) is 0 Å². The summed E-state index contributed by atoms with van der Waals surface area (Å²) in [6.07, 6.45) is 0. The van der Waals surface area contributed by atoms with Gasteiger partial charge in [0, 0.05) is 10.9 Å². The topological polar surface area (TPSA) is 48.0 Å². The Hall–Kier alpha value is -1.88. The van der Waals surface area contributed by atoms with Gasteiger partial charge in [-0.25, -0.2) is 9.48 Å². The van der Waals surface area contributed by atoms with Crippen LogP contribution in [0.5, 0.6) is 0 Å². The van der Waals surface area contributed by atoms with Crippen LogP contribution in [0.25, 0.3) is 11.1 Å². The summed E-state index contributed by atoms with van der Waals surface area (Å²) >= 11 is 1.66. The van der Waals surface area contributed by atoms with E-state index >= 15 is 0 Å². The molecule has 18 heavy (non-hydrogen) atoms. The van der Waals surface area contributed by atoms with E-state index in [1.54, 1.807) is 16.0 Å². The van der Waals surface area contributed by atoms with E-state index in [0.29, 0.717) is 12.3 Å². The first-order chi connectivity index (χ1) is 8.65. The smallest absolute Gasteiger partial charge is 0.337 e. The maximum Gasteiger partial charge on any atom is 0.337 e. The van der Waals surface area contributed by atoms with E-state index < -0.39 is 0 Å². The number of hydrogen-bond donors (Lipinski definition) is 0. The summed E-state index contributed by atoms with van der Waals surface area (Å²) in [5.41, 5.74) is 2.04. The third-order valence-corrected chi connectivity index (χ3v) is 3.75. The summed E-state index contributed by atoms with van der Waals surface area (Å²) in [5, 5.41) is 7.42. The van der Waals surface area contributed by atoms with Crippen LogP contribution in [-0.4, -0.2) is 9.78 Å². The van der Waals surface area contributed by atoms with Gasteiger partial charge in [-0.15, -0.1) is 11.3 Å². The van der Waals surface area contributed by atoms with E-state index in [-0.39, 0.29) is 5.63 Å². The minimum Gasteiger partial charge on any atom is -0.404 e. The summed E-state index contributed by atoms with van der Waals surface area (Å²) < 4.78 is 7.05. The Morgan fingerprint density at radius 3 is 3.00 bits per heavy atom. The van der Waals surface area contributed by atoms with E-state index in [9.17, 15) is 4.79 Å². The predicted molar refractivity (Wildman–Crippen MR) is 71.2 cm³/mol. The Balaban J connectivity index is 2.21. The molecule has 5 heteroatoms. The molecule has 3 heterocycles. The fourth-order valence-corrected chi connectivity index (χ4v) is 2.83. The van der Waals surface area contributed by atoms with Crippen molar-refractivity contribution >= 4 is 22.4 Å². The molecular weight excluding hydrogens is 248 g/mol. The number of nitrogens with zero attached hydrogens (tertiary/aromatic N) is 2. The average molecular weight is 260 g/mol. The molecule has 3 aromatic heterocycles. The number of thiophene rings is 1. The lowest BCUT2D eigenvalue weighted by Gasteiger charge is -2.00. The number of aromatic nitrogens is 2. The lowest BCUT2D eigenvalue weighted by atomic mass is 10.2. The molecule has 0 saturated heterocycles. The lowest BCUT2D eigenvalue weighted by Crippen LogP contribution is -2.03. The molecule has 4 nitrogen and oxygen atoms in total. The van der Waals surface area contributed by atoms with Crippen molar-refractivity contribution in [2.75, 3.05) is 0 Å². The third-order valence-electron chi connectivity index (χ3n) is 2.89. The molecule has 3 aromatic rings. The van der Waals surface area contributed by atoms with Crippen molar-refractivity contribution in [1.29, 1.82) is 0 Å². The van der Waals surface area contributed by atoms with Crippen LogP contribution in [-0.2, 0) is 6.54 Å². The quantitative estimate of drug-likeness (QED) is 0.711. The first-order valence-corrected chi connectivity index (χ1v) is 6.53. The van der Waals surface area contributed by atoms with E-state index in [0.717, 1.165) is 16.6 Å². The van der Waals surface area contributed by atoms with Crippen LogP contribution in [0.1, 0.15) is 16.1 Å². The van der Waals surface area contributed by atoms with Crippen molar-refractivity contribution < 1.29 is 4.42 Å². The zero-order valence-corrected chi connectivity index (χ0v) is 11.0. The minimum atomic E-state index is -0.327. The van der Waals surface area contributed by atoms with Crippen LogP contribution in [0.15, 0.2) is 32.8 Å². The van der Waals surface area contributed by atoms with E-state index in [2.05, 4.69) is 5.10 Å². The van der Waals surface area contributed by atoms with Gasteiger partial charge in [-0.1, -0.05) is 6.07 Å². The largest absolute Gasteiger partial charge is 0.404 e. The zero-order chi connectivity index (χ0) is 12.7. The van der Waals surface area contributed by atoms with E-state index in [4.69, 9.17) is 4.42 Å². The van der Waals surface area contributed by atoms with Crippen LogP contribution in [0.3, 0.4) is 0 Å². The fourth-order valence-electron chi connectivity index (χ4n) is 2.15. The molecule has 0 radical (unpaired) electrons. The molecule has 0 fully saturated rings. The minimum absolute atomic E-state index is 0.327. The predicted octanol–water partition coefficient (Wildman–Crippen LogP) is 2.72. The van der Waals surface area contributed by atoms with Crippen molar-refractivity contribution in [2.24, 2.45) is 0 Å². The molecule has 0 atom stereocenters. The van der Waals surface area contributed by atoms with Gasteiger partial charge in [0.1, 0.15) is 0 Å². The van der Waals surface area contributed by atoms with Gasteiger partial charge >= 0.3 is 5.63 Å². The van der Waals surface area contributed by atoms with Crippen molar-refractivity contribution in [2.45, 2.75) is 20.4 Å². The van der Waals surface area contributed by atoms with E-state index in [1.165, 1.54) is 10.9 Å². The number of rotatable bonds is 2. The molecule has 0 amide bonds. The summed E-state index contributed by atoms with van der Waals surface area (Å²) in [6, 6.07) is 5.55. The first kappa shape index (κ1) is 11.2. The lowest BCUT2D eigenvalue weighted by molar-refractivity contribution is 0.513. The van der Waals surface area contributed by atoms with Crippen molar-refractivity contribution in [3.05, 3.63) is 50.1 Å². The van der Waals surface area contributed by atoms with Gasteiger partial charge in [0.2, 0.25) is 5.71 Å². The Bertz CT molecular complexity index is 753. The molecule has 0 aliphatic carbocycles. The van der Waals surface area contributed by atoms with Crippen LogP contribution in [0, 0.1) is 13.8 Å². The molecule has 0 aliphatic rings. The van der Waals surface area contributed by atoms with E-state index in [1.807, 2.05) is 31.4 Å². The molecule has 92 valence electrons. The molecule has 0 aliphatic heterocycles. The maximum absolute atomic E-state index is 11.5. The van der Waals surface area contributed by atoms with Crippen molar-refractivity contribution in [1.82, 2.24) is 9.78 Å². The Kier molecular flexibility index (Phi) is 2.56. The number of aryl methyl sites for hydroxylation is 2. The summed E-state index contributed by atoms with van der Waals surface area (Å²) in [5.74, 6) is 0. The second kappa shape index (κ2) is 4.10. The van der Waals surface area contributed by atoms with Gasteiger partial charge in [0.05, 0.1) is 17.6 Å². The van der Waals surface area contributed by atoms with Gasteiger partial charge in [0.15, 0.2) is 0 Å². The number of fused-ring (bicyclic) bond motifs is 1. The SMILES string of the molecule is Cc1cc(=O)oc2c1c(C)nn2Cc1cccs1. The zero-order valence-electron chi connectivity index (χ0n) is 10.1. The monoisotopic (exact) mass is 260 g/mol.